The van der Waals surface area contributed by atoms with Crippen LogP contribution in [-0.2, 0) is 0 Å². The van der Waals surface area contributed by atoms with E-state index in [4.69, 9.17) is 0 Å². The molecule has 0 amide bonds. The van der Waals surface area contributed by atoms with Gasteiger partial charge in [0, 0.05) is 24.9 Å². The van der Waals surface area contributed by atoms with E-state index < -0.39 is 0 Å². The Morgan fingerprint density at radius 1 is 1.44 bits per heavy atom. The van der Waals surface area contributed by atoms with Gasteiger partial charge in [0.2, 0.25) is 0 Å². The second-order valence-corrected chi connectivity index (χ2v) is 6.83. The van der Waals surface area contributed by atoms with Gasteiger partial charge in [-0.05, 0) is 44.3 Å². The van der Waals surface area contributed by atoms with Crippen molar-refractivity contribution in [2.45, 2.75) is 37.4 Å². The molecule has 92 valence electrons. The molecule has 4 heteroatoms. The quantitative estimate of drug-likeness (QED) is 0.582. The van der Waals surface area contributed by atoms with Crippen molar-refractivity contribution >= 4 is 17.7 Å². The van der Waals surface area contributed by atoms with Gasteiger partial charge >= 0.3 is 0 Å². The Bertz CT molecular complexity index is 255. The van der Waals surface area contributed by atoms with Gasteiger partial charge in [-0.25, -0.2) is 0 Å². The van der Waals surface area contributed by atoms with Gasteiger partial charge in [-0.1, -0.05) is 0 Å². The molecular weight excluding hydrogens is 218 g/mol. The molecule has 1 aliphatic heterocycles. The molecule has 2 aliphatic rings. The van der Waals surface area contributed by atoms with E-state index in [1.165, 1.54) is 31.4 Å². The van der Waals surface area contributed by atoms with E-state index in [-0.39, 0.29) is 0 Å². The third-order valence-corrected chi connectivity index (χ3v) is 4.95. The van der Waals surface area contributed by atoms with Crippen LogP contribution in [0.3, 0.4) is 0 Å². The first kappa shape index (κ1) is 12.1. The van der Waals surface area contributed by atoms with Crippen LogP contribution in [0.2, 0.25) is 0 Å². The fourth-order valence-electron chi connectivity index (χ4n) is 2.03. The van der Waals surface area contributed by atoms with Gasteiger partial charge < -0.3 is 10.6 Å². The maximum absolute atomic E-state index is 4.27. The predicted molar refractivity (Wildman–Crippen MR) is 72.2 cm³/mol. The SMILES string of the molecule is CN=C(NCC1CC1)NCC1(C)CCCS1. The van der Waals surface area contributed by atoms with Crippen molar-refractivity contribution in [3.05, 3.63) is 0 Å². The maximum Gasteiger partial charge on any atom is 0.191 e. The van der Waals surface area contributed by atoms with Crippen LogP contribution in [0.15, 0.2) is 4.99 Å². The zero-order valence-corrected chi connectivity index (χ0v) is 11.2. The van der Waals surface area contributed by atoms with Crippen molar-refractivity contribution < 1.29 is 0 Å². The largest absolute Gasteiger partial charge is 0.356 e. The molecule has 1 aliphatic carbocycles. The fraction of sp³-hybridized carbons (Fsp3) is 0.917. The monoisotopic (exact) mass is 241 g/mol. The van der Waals surface area contributed by atoms with Gasteiger partial charge in [0.1, 0.15) is 0 Å². The van der Waals surface area contributed by atoms with Crippen molar-refractivity contribution in [1.29, 1.82) is 0 Å². The van der Waals surface area contributed by atoms with Gasteiger partial charge in [0.15, 0.2) is 5.96 Å². The summed E-state index contributed by atoms with van der Waals surface area (Å²) in [5.74, 6) is 3.18. The van der Waals surface area contributed by atoms with Crippen LogP contribution in [0.25, 0.3) is 0 Å². The highest BCUT2D eigenvalue weighted by molar-refractivity contribution is 8.00. The summed E-state index contributed by atoms with van der Waals surface area (Å²) in [7, 11) is 1.85. The van der Waals surface area contributed by atoms with E-state index in [2.05, 4.69) is 34.3 Å². The summed E-state index contributed by atoms with van der Waals surface area (Å²) in [6.45, 7) is 4.47. The first-order valence-corrected chi connectivity index (χ1v) is 7.29. The van der Waals surface area contributed by atoms with Crippen LogP contribution < -0.4 is 10.6 Å². The van der Waals surface area contributed by atoms with E-state index in [0.29, 0.717) is 4.75 Å². The molecule has 2 rings (SSSR count). The predicted octanol–water partition coefficient (Wildman–Crippen LogP) is 1.85. The highest BCUT2D eigenvalue weighted by Gasteiger charge is 2.29. The van der Waals surface area contributed by atoms with Gasteiger partial charge in [-0.15, -0.1) is 0 Å². The Kier molecular flexibility index (Phi) is 4.00. The Morgan fingerprint density at radius 2 is 2.25 bits per heavy atom. The molecule has 3 nitrogen and oxygen atoms in total. The molecule has 1 unspecified atom stereocenters. The van der Waals surface area contributed by atoms with Crippen LogP contribution >= 0.6 is 11.8 Å². The van der Waals surface area contributed by atoms with Gasteiger partial charge in [-0.2, -0.15) is 11.8 Å². The minimum Gasteiger partial charge on any atom is -0.356 e. The summed E-state index contributed by atoms with van der Waals surface area (Å²) in [5.41, 5.74) is 0. The van der Waals surface area contributed by atoms with Crippen molar-refractivity contribution in [3.63, 3.8) is 0 Å². The number of hydrogen-bond acceptors (Lipinski definition) is 2. The van der Waals surface area contributed by atoms with E-state index in [9.17, 15) is 0 Å². The van der Waals surface area contributed by atoms with Crippen molar-refractivity contribution in [3.8, 4) is 0 Å². The zero-order chi connectivity index (χ0) is 11.4. The van der Waals surface area contributed by atoms with E-state index in [0.717, 1.165) is 25.0 Å². The third kappa shape index (κ3) is 3.58. The van der Waals surface area contributed by atoms with Gasteiger partial charge in [-0.3, -0.25) is 4.99 Å². The summed E-state index contributed by atoms with van der Waals surface area (Å²) < 4.78 is 0.414. The topological polar surface area (TPSA) is 36.4 Å². The fourth-order valence-corrected chi connectivity index (χ4v) is 3.27. The van der Waals surface area contributed by atoms with Crippen molar-refractivity contribution in [2.24, 2.45) is 10.9 Å². The average molecular weight is 241 g/mol. The van der Waals surface area contributed by atoms with Gasteiger partial charge in [0.25, 0.3) is 0 Å². The number of guanidine groups is 1. The lowest BCUT2D eigenvalue weighted by atomic mass is 10.1. The van der Waals surface area contributed by atoms with Crippen molar-refractivity contribution in [1.82, 2.24) is 10.6 Å². The second kappa shape index (κ2) is 5.30. The van der Waals surface area contributed by atoms with Gasteiger partial charge in [0.05, 0.1) is 0 Å². The van der Waals surface area contributed by atoms with E-state index in [1.54, 1.807) is 0 Å². The Morgan fingerprint density at radius 3 is 2.81 bits per heavy atom. The molecule has 0 aromatic carbocycles. The summed E-state index contributed by atoms with van der Waals surface area (Å²) in [6, 6.07) is 0. The Labute approximate surface area is 103 Å². The lowest BCUT2D eigenvalue weighted by molar-refractivity contribution is 0.583. The van der Waals surface area contributed by atoms with Crippen molar-refractivity contribution in [2.75, 3.05) is 25.9 Å². The minimum absolute atomic E-state index is 0.414. The summed E-state index contributed by atoms with van der Waals surface area (Å²) in [5, 5.41) is 6.86. The molecular formula is C12H23N3S. The third-order valence-electron chi connectivity index (χ3n) is 3.41. The second-order valence-electron chi connectivity index (χ2n) is 5.15. The number of nitrogens with zero attached hydrogens (tertiary/aromatic N) is 1. The molecule has 1 atom stereocenters. The number of aliphatic imine (C=N–C) groups is 1. The smallest absolute Gasteiger partial charge is 0.191 e. The molecule has 2 N–H and O–H groups in total. The molecule has 1 saturated heterocycles. The number of rotatable bonds is 4. The summed E-state index contributed by atoms with van der Waals surface area (Å²) in [6.07, 6.45) is 5.45. The Hall–Kier alpha value is -0.380. The molecule has 1 heterocycles. The van der Waals surface area contributed by atoms with E-state index in [1.807, 2.05) is 7.05 Å². The molecule has 2 fully saturated rings. The highest BCUT2D eigenvalue weighted by Crippen LogP contribution is 2.36. The molecule has 0 spiro atoms. The molecule has 0 radical (unpaired) electrons. The van der Waals surface area contributed by atoms with E-state index >= 15 is 0 Å². The summed E-state index contributed by atoms with van der Waals surface area (Å²) in [4.78, 5) is 4.27. The standard InChI is InChI=1S/C12H23N3S/c1-12(6-3-7-16-12)9-15-11(13-2)14-8-10-4-5-10/h10H,3-9H2,1-2H3,(H2,13,14,15). The van der Waals surface area contributed by atoms with Crippen LogP contribution in [0, 0.1) is 5.92 Å². The normalized spacial score (nSPS) is 30.5. The zero-order valence-electron chi connectivity index (χ0n) is 10.4. The number of nitrogens with one attached hydrogen (secondary N) is 2. The average Bonchev–Trinajstić information content (AvgIpc) is 3.01. The van der Waals surface area contributed by atoms with Crippen LogP contribution in [0.5, 0.6) is 0 Å². The molecule has 0 bridgehead atoms. The maximum atomic E-state index is 4.27. The number of hydrogen-bond donors (Lipinski definition) is 2. The van der Waals surface area contributed by atoms with Crippen LogP contribution in [0.1, 0.15) is 32.6 Å². The number of thioether (sulfide) groups is 1. The van der Waals surface area contributed by atoms with Crippen LogP contribution in [0.4, 0.5) is 0 Å². The first-order valence-electron chi connectivity index (χ1n) is 6.30. The molecule has 0 aromatic rings. The highest BCUT2D eigenvalue weighted by atomic mass is 32.2. The molecule has 1 saturated carbocycles. The molecule has 16 heavy (non-hydrogen) atoms. The molecule has 0 aromatic heterocycles. The minimum atomic E-state index is 0.414. The lowest BCUT2D eigenvalue weighted by Gasteiger charge is -2.24. The first-order chi connectivity index (χ1) is 7.72. The lowest BCUT2D eigenvalue weighted by Crippen LogP contribution is -2.44. The van der Waals surface area contributed by atoms with Crippen LogP contribution in [-0.4, -0.2) is 36.6 Å². The summed E-state index contributed by atoms with van der Waals surface area (Å²) >= 11 is 2.09. The Balaban J connectivity index is 1.69.